The van der Waals surface area contributed by atoms with Crippen molar-refractivity contribution in [2.75, 3.05) is 26.7 Å². The molecule has 0 spiro atoms. The van der Waals surface area contributed by atoms with Gasteiger partial charge in [-0.2, -0.15) is 0 Å². The molecule has 0 radical (unpaired) electrons. The molecule has 1 aromatic heterocycles. The van der Waals surface area contributed by atoms with Crippen molar-refractivity contribution in [2.24, 2.45) is 0 Å². The highest BCUT2D eigenvalue weighted by molar-refractivity contribution is 5.98. The van der Waals surface area contributed by atoms with E-state index in [2.05, 4.69) is 4.90 Å². The maximum absolute atomic E-state index is 12.4. The van der Waals surface area contributed by atoms with E-state index >= 15 is 0 Å². The number of hydrogen-bond donors (Lipinski definition) is 0. The van der Waals surface area contributed by atoms with Gasteiger partial charge in [0.05, 0.1) is 7.11 Å². The van der Waals surface area contributed by atoms with E-state index in [4.69, 9.17) is 9.15 Å². The number of ketones is 1. The Morgan fingerprint density at radius 2 is 1.96 bits per heavy atom. The van der Waals surface area contributed by atoms with E-state index in [0.717, 1.165) is 18.5 Å². The molecule has 1 aliphatic rings. The standard InChI is InChI=1S/C18H21NO4.ClH/c1-22-14-6-5-13-11-15(18(21)23-17(13)12-14)16(20)7-10-19-8-3-2-4-9-19;/h5-6,11-12H,2-4,7-10H2,1H3;1H. The SMILES string of the molecule is COc1ccc2cc(C(=O)CCN3CCCCC3)c(=O)oc2c1.Cl. The van der Waals surface area contributed by atoms with Gasteiger partial charge in [0.15, 0.2) is 5.78 Å². The maximum atomic E-state index is 12.4. The fraction of sp³-hybridized carbons (Fsp3) is 0.444. The number of nitrogens with zero attached hydrogens (tertiary/aromatic N) is 1. The van der Waals surface area contributed by atoms with Gasteiger partial charge in [-0.15, -0.1) is 12.4 Å². The van der Waals surface area contributed by atoms with Crippen LogP contribution in [0.2, 0.25) is 0 Å². The van der Waals surface area contributed by atoms with Gasteiger partial charge in [-0.3, -0.25) is 4.79 Å². The second-order valence-corrected chi connectivity index (χ2v) is 5.93. The molecule has 2 heterocycles. The van der Waals surface area contributed by atoms with Gasteiger partial charge in [0.1, 0.15) is 16.9 Å². The lowest BCUT2D eigenvalue weighted by atomic mass is 10.1. The van der Waals surface area contributed by atoms with Gasteiger partial charge in [-0.1, -0.05) is 6.42 Å². The number of fused-ring (bicyclic) bond motifs is 1. The molecule has 0 saturated carbocycles. The lowest BCUT2D eigenvalue weighted by molar-refractivity contribution is 0.0955. The van der Waals surface area contributed by atoms with E-state index < -0.39 is 5.63 Å². The number of benzene rings is 1. The predicted octanol–water partition coefficient (Wildman–Crippen LogP) is 3.28. The summed E-state index contributed by atoms with van der Waals surface area (Å²) in [7, 11) is 1.55. The largest absolute Gasteiger partial charge is 0.497 e. The minimum Gasteiger partial charge on any atom is -0.497 e. The Hall–Kier alpha value is -1.85. The van der Waals surface area contributed by atoms with Crippen molar-refractivity contribution in [2.45, 2.75) is 25.7 Å². The van der Waals surface area contributed by atoms with E-state index in [-0.39, 0.29) is 23.8 Å². The molecular formula is C18H22ClNO4. The number of likely N-dealkylation sites (tertiary alicyclic amines) is 1. The van der Waals surface area contributed by atoms with Crippen LogP contribution in [0.4, 0.5) is 0 Å². The number of rotatable bonds is 5. The van der Waals surface area contributed by atoms with E-state index in [1.165, 1.54) is 19.3 Å². The van der Waals surface area contributed by atoms with Crippen molar-refractivity contribution in [1.29, 1.82) is 0 Å². The number of piperidine rings is 1. The van der Waals surface area contributed by atoms with Crippen LogP contribution in [0.25, 0.3) is 11.0 Å². The van der Waals surface area contributed by atoms with Crippen LogP contribution >= 0.6 is 12.4 Å². The molecular weight excluding hydrogens is 330 g/mol. The van der Waals surface area contributed by atoms with Crippen LogP contribution in [-0.4, -0.2) is 37.4 Å². The highest BCUT2D eigenvalue weighted by Crippen LogP contribution is 2.20. The van der Waals surface area contributed by atoms with Crippen LogP contribution in [0.3, 0.4) is 0 Å². The summed E-state index contributed by atoms with van der Waals surface area (Å²) in [6, 6.07) is 6.85. The first-order valence-corrected chi connectivity index (χ1v) is 8.05. The van der Waals surface area contributed by atoms with Crippen LogP contribution in [0, 0.1) is 0 Å². The van der Waals surface area contributed by atoms with Crippen molar-refractivity contribution in [1.82, 2.24) is 4.90 Å². The van der Waals surface area contributed by atoms with E-state index in [9.17, 15) is 9.59 Å². The molecule has 6 heteroatoms. The Morgan fingerprint density at radius 3 is 2.67 bits per heavy atom. The fourth-order valence-electron chi connectivity index (χ4n) is 2.99. The zero-order valence-corrected chi connectivity index (χ0v) is 14.6. The van der Waals surface area contributed by atoms with Gasteiger partial charge < -0.3 is 14.1 Å². The Morgan fingerprint density at radius 1 is 1.21 bits per heavy atom. The minimum atomic E-state index is -0.575. The van der Waals surface area contributed by atoms with Gasteiger partial charge in [-0.25, -0.2) is 4.79 Å². The quantitative estimate of drug-likeness (QED) is 0.611. The highest BCUT2D eigenvalue weighted by atomic mass is 35.5. The van der Waals surface area contributed by atoms with Gasteiger partial charge >= 0.3 is 5.63 Å². The predicted molar refractivity (Wildman–Crippen MR) is 95.5 cm³/mol. The van der Waals surface area contributed by atoms with Gasteiger partial charge in [0.25, 0.3) is 0 Å². The van der Waals surface area contributed by atoms with Crippen LogP contribution in [0.1, 0.15) is 36.0 Å². The third kappa shape index (κ3) is 4.16. The van der Waals surface area contributed by atoms with Crippen molar-refractivity contribution >= 4 is 29.2 Å². The Balaban J connectivity index is 0.00000208. The van der Waals surface area contributed by atoms with E-state index in [1.54, 1.807) is 31.4 Å². The molecule has 0 atom stereocenters. The molecule has 0 bridgehead atoms. The van der Waals surface area contributed by atoms with Crippen LogP contribution in [-0.2, 0) is 0 Å². The number of methoxy groups -OCH3 is 1. The summed E-state index contributed by atoms with van der Waals surface area (Å²) in [6.45, 7) is 2.79. The van der Waals surface area contributed by atoms with Crippen molar-refractivity contribution in [3.63, 3.8) is 0 Å². The van der Waals surface area contributed by atoms with Gasteiger partial charge in [0.2, 0.25) is 0 Å². The summed E-state index contributed by atoms with van der Waals surface area (Å²) < 4.78 is 10.4. The van der Waals surface area contributed by atoms with Crippen molar-refractivity contribution in [3.8, 4) is 5.75 Å². The molecule has 0 N–H and O–H groups in total. The third-order valence-corrected chi connectivity index (χ3v) is 4.35. The summed E-state index contributed by atoms with van der Waals surface area (Å²) >= 11 is 0. The Labute approximate surface area is 147 Å². The molecule has 1 aliphatic heterocycles. The Kier molecular flexibility index (Phi) is 6.40. The van der Waals surface area contributed by atoms with Crippen molar-refractivity contribution in [3.05, 3.63) is 40.2 Å². The van der Waals surface area contributed by atoms with Gasteiger partial charge in [-0.05, 0) is 44.1 Å². The average molecular weight is 352 g/mol. The summed E-state index contributed by atoms with van der Waals surface area (Å²) in [5.41, 5.74) is -0.00370. The van der Waals surface area contributed by atoms with Gasteiger partial charge in [0, 0.05) is 24.4 Å². The summed E-state index contributed by atoms with van der Waals surface area (Å²) in [5, 5.41) is 0.728. The van der Waals surface area contributed by atoms with Crippen LogP contribution < -0.4 is 10.4 Å². The molecule has 1 aromatic carbocycles. The Bertz CT molecular complexity index is 765. The lowest BCUT2D eigenvalue weighted by Crippen LogP contribution is -2.32. The molecule has 2 aromatic rings. The molecule has 3 rings (SSSR count). The molecule has 0 unspecified atom stereocenters. The molecule has 5 nitrogen and oxygen atoms in total. The molecule has 0 aliphatic carbocycles. The maximum Gasteiger partial charge on any atom is 0.347 e. The number of hydrogen-bond acceptors (Lipinski definition) is 5. The topological polar surface area (TPSA) is 59.8 Å². The molecule has 24 heavy (non-hydrogen) atoms. The first-order valence-electron chi connectivity index (χ1n) is 8.05. The summed E-state index contributed by atoms with van der Waals surface area (Å²) in [5.74, 6) is 0.465. The normalized spacial score (nSPS) is 15.0. The number of Topliss-reactive ketones (excluding diaryl/α,β-unsaturated/α-hetero) is 1. The zero-order chi connectivity index (χ0) is 16.2. The molecule has 130 valence electrons. The van der Waals surface area contributed by atoms with Crippen LogP contribution in [0.5, 0.6) is 5.75 Å². The lowest BCUT2D eigenvalue weighted by Gasteiger charge is -2.25. The van der Waals surface area contributed by atoms with E-state index in [0.29, 0.717) is 24.3 Å². The minimum absolute atomic E-state index is 0. The van der Waals surface area contributed by atoms with Crippen LogP contribution in [0.15, 0.2) is 33.5 Å². The average Bonchev–Trinajstić information content (AvgIpc) is 2.59. The monoisotopic (exact) mass is 351 g/mol. The second kappa shape index (κ2) is 8.31. The zero-order valence-electron chi connectivity index (χ0n) is 13.7. The smallest absolute Gasteiger partial charge is 0.347 e. The summed E-state index contributed by atoms with van der Waals surface area (Å²) in [4.78, 5) is 26.7. The second-order valence-electron chi connectivity index (χ2n) is 5.93. The molecule has 1 saturated heterocycles. The molecule has 1 fully saturated rings. The number of halogens is 1. The number of ether oxygens (including phenoxy) is 1. The number of carbonyl (C=O) groups excluding carboxylic acids is 1. The van der Waals surface area contributed by atoms with E-state index in [1.807, 2.05) is 0 Å². The first-order chi connectivity index (χ1) is 11.2. The van der Waals surface area contributed by atoms with Crippen molar-refractivity contribution < 1.29 is 13.9 Å². The number of carbonyl (C=O) groups is 1. The highest BCUT2D eigenvalue weighted by Gasteiger charge is 2.16. The third-order valence-electron chi connectivity index (χ3n) is 4.35. The first kappa shape index (κ1) is 18.5. The summed E-state index contributed by atoms with van der Waals surface area (Å²) in [6.07, 6.45) is 4.00. The fourth-order valence-corrected chi connectivity index (χ4v) is 2.99. The molecule has 0 amide bonds.